The van der Waals surface area contributed by atoms with Gasteiger partial charge in [0.05, 0.1) is 12.1 Å². The number of halogens is 1. The number of carbonyl (C=O) groups is 1. The van der Waals surface area contributed by atoms with E-state index in [4.69, 9.17) is 16.3 Å². The zero-order chi connectivity index (χ0) is 21.4. The van der Waals surface area contributed by atoms with E-state index in [0.717, 1.165) is 66.7 Å². The van der Waals surface area contributed by atoms with Crippen molar-refractivity contribution in [3.8, 4) is 5.75 Å². The molecular weight excluding hydrogens is 412 g/mol. The molecule has 1 spiro atoms. The number of methoxy groups -OCH3 is 1. The third-order valence-electron chi connectivity index (χ3n) is 6.61. The van der Waals surface area contributed by atoms with Crippen LogP contribution in [0.25, 0.3) is 10.8 Å². The van der Waals surface area contributed by atoms with Crippen LogP contribution in [0.5, 0.6) is 5.75 Å². The zero-order valence-corrected chi connectivity index (χ0v) is 18.3. The molecule has 1 aliphatic carbocycles. The molecule has 0 amide bonds. The number of fused-ring (bicyclic) bond motifs is 1. The number of nitrogens with one attached hydrogen (secondary N) is 1. The molecule has 2 aliphatic rings. The summed E-state index contributed by atoms with van der Waals surface area (Å²) in [6.07, 6.45) is 3.61. The number of rotatable bonds is 5. The maximum absolute atomic E-state index is 11.5. The second-order valence-electron chi connectivity index (χ2n) is 8.62. The first-order chi connectivity index (χ1) is 15.1. The van der Waals surface area contributed by atoms with E-state index in [2.05, 4.69) is 32.5 Å². The van der Waals surface area contributed by atoms with Crippen molar-refractivity contribution in [2.24, 2.45) is 5.41 Å². The number of benzene rings is 2. The highest BCUT2D eigenvalue weighted by molar-refractivity contribution is 6.32. The van der Waals surface area contributed by atoms with Gasteiger partial charge in [0, 0.05) is 43.2 Å². The summed E-state index contributed by atoms with van der Waals surface area (Å²) >= 11 is 6.25. The summed E-state index contributed by atoms with van der Waals surface area (Å²) in [7, 11) is 1.61. The minimum atomic E-state index is 0.248. The summed E-state index contributed by atoms with van der Waals surface area (Å²) in [6, 6.07) is 14.0. The minimum Gasteiger partial charge on any atom is -0.495 e. The number of hydrogen-bond acceptors (Lipinski definition) is 6. The van der Waals surface area contributed by atoms with Gasteiger partial charge in [0.1, 0.15) is 11.5 Å². The maximum Gasteiger partial charge on any atom is 0.159 e. The molecule has 160 valence electrons. The SMILES string of the molecule is COc1ccc(CNc2nnc(N3CCC4(CC3)CC(=O)C4)c3ccccc23)cc1Cl. The Morgan fingerprint density at radius 1 is 1.10 bits per heavy atom. The molecule has 2 heterocycles. The standard InChI is InChI=1S/C24H25ClN4O2/c1-31-21-7-6-16(12-20(21)25)15-26-22-18-4-2-3-5-19(18)23(28-27-22)29-10-8-24(9-11-29)13-17(30)14-24/h2-7,12H,8-11,13-15H2,1H3,(H,26,27). The lowest BCUT2D eigenvalue weighted by Gasteiger charge is -2.47. The Labute approximate surface area is 186 Å². The van der Waals surface area contributed by atoms with Gasteiger partial charge >= 0.3 is 0 Å². The van der Waals surface area contributed by atoms with Gasteiger partial charge in [0.15, 0.2) is 11.6 Å². The van der Waals surface area contributed by atoms with E-state index in [1.807, 2.05) is 30.3 Å². The van der Waals surface area contributed by atoms with Gasteiger partial charge < -0.3 is 15.0 Å². The van der Waals surface area contributed by atoms with Crippen LogP contribution in [0.1, 0.15) is 31.2 Å². The van der Waals surface area contributed by atoms with Crippen molar-refractivity contribution in [2.45, 2.75) is 32.2 Å². The number of aromatic nitrogens is 2. The highest BCUT2D eigenvalue weighted by Crippen LogP contribution is 2.47. The number of hydrogen-bond donors (Lipinski definition) is 1. The summed E-state index contributed by atoms with van der Waals surface area (Å²) in [5.74, 6) is 2.75. The predicted octanol–water partition coefficient (Wildman–Crippen LogP) is 4.85. The zero-order valence-electron chi connectivity index (χ0n) is 17.5. The van der Waals surface area contributed by atoms with E-state index < -0.39 is 0 Å². The molecule has 7 heteroatoms. The Balaban J connectivity index is 1.35. The molecule has 31 heavy (non-hydrogen) atoms. The Bertz CT molecular complexity index is 1130. The molecule has 1 aliphatic heterocycles. The highest BCUT2D eigenvalue weighted by atomic mass is 35.5. The van der Waals surface area contributed by atoms with Crippen molar-refractivity contribution in [2.75, 3.05) is 30.4 Å². The highest BCUT2D eigenvalue weighted by Gasteiger charge is 2.45. The molecule has 6 nitrogen and oxygen atoms in total. The molecule has 0 unspecified atom stereocenters. The smallest absolute Gasteiger partial charge is 0.159 e. The second kappa shape index (κ2) is 8.00. The van der Waals surface area contributed by atoms with Crippen LogP contribution < -0.4 is 15.0 Å². The van der Waals surface area contributed by atoms with Gasteiger partial charge in [-0.15, -0.1) is 10.2 Å². The van der Waals surface area contributed by atoms with E-state index in [1.165, 1.54) is 0 Å². The lowest BCUT2D eigenvalue weighted by atomic mass is 9.62. The van der Waals surface area contributed by atoms with Crippen molar-refractivity contribution in [1.82, 2.24) is 10.2 Å². The Morgan fingerprint density at radius 2 is 1.84 bits per heavy atom. The molecule has 1 N–H and O–H groups in total. The average molecular weight is 437 g/mol. The van der Waals surface area contributed by atoms with Crippen LogP contribution in [-0.4, -0.2) is 36.2 Å². The molecule has 5 rings (SSSR count). The van der Waals surface area contributed by atoms with Crippen molar-refractivity contribution in [1.29, 1.82) is 0 Å². The molecule has 2 fully saturated rings. The van der Waals surface area contributed by atoms with Crippen molar-refractivity contribution in [3.05, 3.63) is 53.1 Å². The lowest BCUT2D eigenvalue weighted by Crippen LogP contribution is -2.47. The fourth-order valence-corrected chi connectivity index (χ4v) is 5.07. The summed E-state index contributed by atoms with van der Waals surface area (Å²) in [6.45, 7) is 2.42. The topological polar surface area (TPSA) is 67.3 Å². The van der Waals surface area contributed by atoms with Crippen LogP contribution in [0.15, 0.2) is 42.5 Å². The number of Topliss-reactive ketones (excluding diaryl/α,β-unsaturated/α-hetero) is 1. The number of nitrogens with zero attached hydrogens (tertiary/aromatic N) is 3. The van der Waals surface area contributed by atoms with Crippen LogP contribution in [0.4, 0.5) is 11.6 Å². The number of carbonyl (C=O) groups excluding carboxylic acids is 1. The van der Waals surface area contributed by atoms with Gasteiger partial charge in [0.25, 0.3) is 0 Å². The third kappa shape index (κ3) is 3.81. The van der Waals surface area contributed by atoms with E-state index >= 15 is 0 Å². The van der Waals surface area contributed by atoms with Gasteiger partial charge in [-0.2, -0.15) is 0 Å². The monoisotopic (exact) mass is 436 g/mol. The molecule has 2 aromatic carbocycles. The normalized spacial score (nSPS) is 17.6. The summed E-state index contributed by atoms with van der Waals surface area (Å²) in [5.41, 5.74) is 1.29. The van der Waals surface area contributed by atoms with E-state index in [9.17, 15) is 4.79 Å². The first-order valence-corrected chi connectivity index (χ1v) is 11.0. The van der Waals surface area contributed by atoms with Crippen LogP contribution >= 0.6 is 11.6 Å². The van der Waals surface area contributed by atoms with Crippen molar-refractivity contribution < 1.29 is 9.53 Å². The molecule has 3 aromatic rings. The lowest BCUT2D eigenvalue weighted by molar-refractivity contribution is -0.133. The predicted molar refractivity (Wildman–Crippen MR) is 123 cm³/mol. The minimum absolute atomic E-state index is 0.248. The van der Waals surface area contributed by atoms with Gasteiger partial charge in [-0.25, -0.2) is 0 Å². The largest absolute Gasteiger partial charge is 0.495 e. The summed E-state index contributed by atoms with van der Waals surface area (Å²) in [5, 5.41) is 15.2. The van der Waals surface area contributed by atoms with Gasteiger partial charge in [0.2, 0.25) is 0 Å². The van der Waals surface area contributed by atoms with E-state index in [1.54, 1.807) is 7.11 Å². The average Bonchev–Trinajstić information content (AvgIpc) is 2.77. The maximum atomic E-state index is 11.5. The van der Waals surface area contributed by atoms with Gasteiger partial charge in [-0.1, -0.05) is 41.9 Å². The fraction of sp³-hybridized carbons (Fsp3) is 0.375. The van der Waals surface area contributed by atoms with Crippen molar-refractivity contribution >= 4 is 39.8 Å². The fourth-order valence-electron chi connectivity index (χ4n) is 4.79. The molecule has 1 saturated heterocycles. The van der Waals surface area contributed by atoms with Crippen LogP contribution in [0.3, 0.4) is 0 Å². The van der Waals surface area contributed by atoms with Crippen LogP contribution in [0, 0.1) is 5.41 Å². The van der Waals surface area contributed by atoms with Gasteiger partial charge in [-0.3, -0.25) is 4.79 Å². The molecule has 0 atom stereocenters. The first-order valence-electron chi connectivity index (χ1n) is 10.7. The quantitative estimate of drug-likeness (QED) is 0.616. The Hall–Kier alpha value is -2.86. The number of ether oxygens (including phenoxy) is 1. The van der Waals surface area contributed by atoms with E-state index in [-0.39, 0.29) is 5.41 Å². The molecule has 0 bridgehead atoms. The Morgan fingerprint density at radius 3 is 2.52 bits per heavy atom. The molecule has 1 saturated carbocycles. The third-order valence-corrected chi connectivity index (χ3v) is 6.91. The molecular formula is C24H25ClN4O2. The number of ketones is 1. The van der Waals surface area contributed by atoms with E-state index in [0.29, 0.717) is 23.1 Å². The Kier molecular flexibility index (Phi) is 5.18. The van der Waals surface area contributed by atoms with Crippen LogP contribution in [-0.2, 0) is 11.3 Å². The van der Waals surface area contributed by atoms with Gasteiger partial charge in [-0.05, 0) is 36.0 Å². The first kappa shape index (κ1) is 20.1. The number of anilines is 2. The van der Waals surface area contributed by atoms with Crippen molar-refractivity contribution in [3.63, 3.8) is 0 Å². The van der Waals surface area contributed by atoms with Crippen LogP contribution in [0.2, 0.25) is 5.02 Å². The molecule has 1 aromatic heterocycles. The summed E-state index contributed by atoms with van der Waals surface area (Å²) in [4.78, 5) is 13.8. The number of piperidine rings is 1. The molecule has 0 radical (unpaired) electrons. The summed E-state index contributed by atoms with van der Waals surface area (Å²) < 4.78 is 5.22. The second-order valence-corrected chi connectivity index (χ2v) is 9.03.